The summed E-state index contributed by atoms with van der Waals surface area (Å²) in [5, 5.41) is 3.18. The fourth-order valence-corrected chi connectivity index (χ4v) is 2.59. The van der Waals surface area contributed by atoms with E-state index in [2.05, 4.69) is 21.2 Å². The van der Waals surface area contributed by atoms with E-state index in [-0.39, 0.29) is 22.2 Å². The molecule has 0 heterocycles. The summed E-state index contributed by atoms with van der Waals surface area (Å²) >= 11 is 3.16. The molecule has 0 atom stereocenters. The number of anilines is 2. The number of carbonyl (C=O) groups is 1. The highest BCUT2D eigenvalue weighted by molar-refractivity contribution is 9.09. The third-order valence-electron chi connectivity index (χ3n) is 2.36. The van der Waals surface area contributed by atoms with Crippen molar-refractivity contribution < 1.29 is 13.2 Å². The zero-order valence-corrected chi connectivity index (χ0v) is 12.3. The van der Waals surface area contributed by atoms with Crippen LogP contribution in [0.15, 0.2) is 23.1 Å². The van der Waals surface area contributed by atoms with Gasteiger partial charge >= 0.3 is 0 Å². The molecule has 0 saturated heterocycles. The summed E-state index contributed by atoms with van der Waals surface area (Å²) in [5.74, 6) is -0.161. The summed E-state index contributed by atoms with van der Waals surface area (Å²) in [5.41, 5.74) is 6.40. The minimum atomic E-state index is -3.28. The van der Waals surface area contributed by atoms with Crippen LogP contribution in [0.2, 0.25) is 0 Å². The number of nitrogens with two attached hydrogens (primary N) is 1. The van der Waals surface area contributed by atoms with Crippen LogP contribution in [0.1, 0.15) is 13.3 Å². The number of sulfone groups is 1. The molecule has 0 spiro atoms. The fraction of sp³-hybridized carbons (Fsp3) is 0.364. The van der Waals surface area contributed by atoms with Crippen LogP contribution in [-0.2, 0) is 14.6 Å². The van der Waals surface area contributed by atoms with Crippen LogP contribution >= 0.6 is 15.9 Å². The predicted molar refractivity (Wildman–Crippen MR) is 75.6 cm³/mol. The molecule has 1 amide bonds. The van der Waals surface area contributed by atoms with Crippen LogP contribution < -0.4 is 11.1 Å². The van der Waals surface area contributed by atoms with E-state index in [9.17, 15) is 13.2 Å². The van der Waals surface area contributed by atoms with Crippen molar-refractivity contribution in [2.75, 3.05) is 22.1 Å². The Labute approximate surface area is 115 Å². The average molecular weight is 335 g/mol. The first kappa shape index (κ1) is 15.0. The second-order valence-electron chi connectivity index (χ2n) is 3.64. The second kappa shape index (κ2) is 6.19. The van der Waals surface area contributed by atoms with E-state index in [4.69, 9.17) is 5.73 Å². The Morgan fingerprint density at radius 1 is 1.44 bits per heavy atom. The molecular formula is C11H15BrN2O3S. The first-order valence-electron chi connectivity index (χ1n) is 5.38. The Morgan fingerprint density at radius 3 is 2.61 bits per heavy atom. The van der Waals surface area contributed by atoms with Crippen LogP contribution in [0.5, 0.6) is 0 Å². The molecule has 0 saturated carbocycles. The smallest absolute Gasteiger partial charge is 0.225 e. The highest BCUT2D eigenvalue weighted by Crippen LogP contribution is 2.23. The Balaban J connectivity index is 2.97. The maximum atomic E-state index is 11.6. The Kier molecular flexibility index (Phi) is 5.15. The van der Waals surface area contributed by atoms with Gasteiger partial charge in [-0.25, -0.2) is 8.42 Å². The number of alkyl halides is 1. The number of nitrogen functional groups attached to an aromatic ring is 1. The summed E-state index contributed by atoms with van der Waals surface area (Å²) in [6.45, 7) is 1.57. The van der Waals surface area contributed by atoms with Crippen LogP contribution in [0.4, 0.5) is 11.4 Å². The van der Waals surface area contributed by atoms with E-state index < -0.39 is 9.84 Å². The Morgan fingerprint density at radius 2 is 2.11 bits per heavy atom. The molecule has 1 aromatic carbocycles. The van der Waals surface area contributed by atoms with Crippen molar-refractivity contribution >= 4 is 43.0 Å². The molecule has 0 fully saturated rings. The molecule has 1 aromatic rings. The molecule has 7 heteroatoms. The SMILES string of the molecule is CCS(=O)(=O)c1ccc(NC(=O)CCBr)c(N)c1. The van der Waals surface area contributed by atoms with E-state index >= 15 is 0 Å². The van der Waals surface area contributed by atoms with Gasteiger partial charge in [0.2, 0.25) is 5.91 Å². The van der Waals surface area contributed by atoms with Crippen molar-refractivity contribution in [3.05, 3.63) is 18.2 Å². The number of nitrogens with one attached hydrogen (secondary N) is 1. The minimum absolute atomic E-state index is 0.0156. The Hall–Kier alpha value is -1.08. The van der Waals surface area contributed by atoms with Crippen LogP contribution in [0.25, 0.3) is 0 Å². The Bertz CT molecular complexity index is 543. The van der Waals surface area contributed by atoms with Gasteiger partial charge in [-0.2, -0.15) is 0 Å². The first-order valence-corrected chi connectivity index (χ1v) is 8.16. The first-order chi connectivity index (χ1) is 8.40. The topological polar surface area (TPSA) is 89.3 Å². The van der Waals surface area contributed by atoms with Crippen molar-refractivity contribution in [3.8, 4) is 0 Å². The van der Waals surface area contributed by atoms with E-state index in [0.717, 1.165) is 0 Å². The van der Waals surface area contributed by atoms with Crippen molar-refractivity contribution in [2.24, 2.45) is 0 Å². The number of carbonyl (C=O) groups excluding carboxylic acids is 1. The maximum Gasteiger partial charge on any atom is 0.225 e. The third kappa shape index (κ3) is 3.71. The number of rotatable bonds is 5. The molecule has 0 aliphatic carbocycles. The molecule has 0 bridgehead atoms. The van der Waals surface area contributed by atoms with Gasteiger partial charge in [0.1, 0.15) is 0 Å². The van der Waals surface area contributed by atoms with E-state index in [1.54, 1.807) is 6.92 Å². The van der Waals surface area contributed by atoms with Gasteiger partial charge in [0.05, 0.1) is 22.0 Å². The van der Waals surface area contributed by atoms with Gasteiger partial charge in [0.25, 0.3) is 0 Å². The second-order valence-corrected chi connectivity index (χ2v) is 6.71. The summed E-state index contributed by atoms with van der Waals surface area (Å²) in [6.07, 6.45) is 0.328. The molecule has 0 aliphatic rings. The quantitative estimate of drug-likeness (QED) is 0.634. The van der Waals surface area contributed by atoms with Gasteiger partial charge < -0.3 is 11.1 Å². The molecule has 0 aliphatic heterocycles. The zero-order chi connectivity index (χ0) is 13.8. The van der Waals surface area contributed by atoms with Gasteiger partial charge in [-0.05, 0) is 18.2 Å². The largest absolute Gasteiger partial charge is 0.397 e. The number of hydrogen-bond donors (Lipinski definition) is 2. The number of benzene rings is 1. The number of hydrogen-bond acceptors (Lipinski definition) is 4. The summed E-state index contributed by atoms with van der Waals surface area (Å²) < 4.78 is 23.3. The molecule has 0 radical (unpaired) electrons. The normalized spacial score (nSPS) is 11.2. The van der Waals surface area contributed by atoms with Crippen LogP contribution in [0.3, 0.4) is 0 Å². The highest BCUT2D eigenvalue weighted by Gasteiger charge is 2.13. The van der Waals surface area contributed by atoms with Gasteiger partial charge in [-0.1, -0.05) is 22.9 Å². The lowest BCUT2D eigenvalue weighted by atomic mass is 10.2. The van der Waals surface area contributed by atoms with Crippen molar-refractivity contribution in [2.45, 2.75) is 18.2 Å². The number of amides is 1. The van der Waals surface area contributed by atoms with E-state index in [0.29, 0.717) is 17.4 Å². The minimum Gasteiger partial charge on any atom is -0.397 e. The maximum absolute atomic E-state index is 11.6. The van der Waals surface area contributed by atoms with Crippen LogP contribution in [-0.4, -0.2) is 25.4 Å². The number of halogens is 1. The van der Waals surface area contributed by atoms with Crippen molar-refractivity contribution in [1.29, 1.82) is 0 Å². The molecule has 3 N–H and O–H groups in total. The van der Waals surface area contributed by atoms with Gasteiger partial charge in [-0.3, -0.25) is 4.79 Å². The fourth-order valence-electron chi connectivity index (χ4n) is 1.31. The monoisotopic (exact) mass is 334 g/mol. The molecule has 1 rings (SSSR count). The summed E-state index contributed by atoms with van der Waals surface area (Å²) in [4.78, 5) is 11.6. The lowest BCUT2D eigenvalue weighted by Gasteiger charge is -2.09. The highest BCUT2D eigenvalue weighted by atomic mass is 79.9. The standard InChI is InChI=1S/C11H15BrN2O3S/c1-2-18(16,17)8-3-4-10(9(13)7-8)14-11(15)5-6-12/h3-4,7H,2,5-6,13H2,1H3,(H,14,15). The van der Waals surface area contributed by atoms with Gasteiger partial charge in [-0.15, -0.1) is 0 Å². The third-order valence-corrected chi connectivity index (χ3v) is 4.49. The van der Waals surface area contributed by atoms with Gasteiger partial charge in [0, 0.05) is 11.8 Å². The zero-order valence-electron chi connectivity index (χ0n) is 9.94. The van der Waals surface area contributed by atoms with Crippen molar-refractivity contribution in [1.82, 2.24) is 0 Å². The molecular weight excluding hydrogens is 320 g/mol. The lowest BCUT2D eigenvalue weighted by Crippen LogP contribution is -2.13. The van der Waals surface area contributed by atoms with Crippen molar-refractivity contribution in [3.63, 3.8) is 0 Å². The van der Waals surface area contributed by atoms with Crippen LogP contribution in [0, 0.1) is 0 Å². The predicted octanol–water partition coefficient (Wildman–Crippen LogP) is 1.79. The molecule has 18 heavy (non-hydrogen) atoms. The molecule has 100 valence electrons. The molecule has 0 unspecified atom stereocenters. The van der Waals surface area contributed by atoms with E-state index in [1.807, 2.05) is 0 Å². The molecule has 0 aromatic heterocycles. The summed E-state index contributed by atoms with van der Waals surface area (Å²) in [6, 6.07) is 4.31. The van der Waals surface area contributed by atoms with E-state index in [1.165, 1.54) is 18.2 Å². The lowest BCUT2D eigenvalue weighted by molar-refractivity contribution is -0.115. The average Bonchev–Trinajstić information content (AvgIpc) is 2.32. The van der Waals surface area contributed by atoms with Gasteiger partial charge in [0.15, 0.2) is 9.84 Å². The molecule has 5 nitrogen and oxygen atoms in total. The summed E-state index contributed by atoms with van der Waals surface area (Å²) in [7, 11) is -3.28.